The zero-order valence-electron chi connectivity index (χ0n) is 13.3. The Hall–Kier alpha value is -2.52. The molecular weight excluding hydrogens is 347 g/mol. The fourth-order valence-corrected chi connectivity index (χ4v) is 4.04. The molecule has 0 unspecified atom stereocenters. The third kappa shape index (κ3) is 3.77. The average molecular weight is 364 g/mol. The molecule has 1 N–H and O–H groups in total. The number of halogens is 1. The molecule has 0 atom stereocenters. The molecule has 2 aromatic rings. The van der Waals surface area contributed by atoms with Gasteiger partial charge in [0.15, 0.2) is 0 Å². The lowest BCUT2D eigenvalue weighted by Crippen LogP contribution is -2.51. The SMILES string of the molecule is O=C(Nc1ccccn1)N1CCN(S(=O)(=O)c2ccccc2F)CC1. The summed E-state index contributed by atoms with van der Waals surface area (Å²) >= 11 is 0. The number of carbonyl (C=O) groups is 1. The normalized spacial score (nSPS) is 15.8. The number of sulfonamides is 1. The third-order valence-corrected chi connectivity index (χ3v) is 5.81. The Morgan fingerprint density at radius 1 is 1.04 bits per heavy atom. The van der Waals surface area contributed by atoms with E-state index in [-0.39, 0.29) is 37.1 Å². The number of hydrogen-bond donors (Lipinski definition) is 1. The molecule has 25 heavy (non-hydrogen) atoms. The maximum atomic E-state index is 13.8. The number of amides is 2. The third-order valence-electron chi connectivity index (χ3n) is 3.88. The number of pyridine rings is 1. The molecule has 1 aromatic carbocycles. The molecule has 0 spiro atoms. The quantitative estimate of drug-likeness (QED) is 0.900. The number of hydrogen-bond acceptors (Lipinski definition) is 4. The van der Waals surface area contributed by atoms with Crippen molar-refractivity contribution in [2.45, 2.75) is 4.90 Å². The average Bonchev–Trinajstić information content (AvgIpc) is 2.63. The van der Waals surface area contributed by atoms with Crippen LogP contribution in [0.25, 0.3) is 0 Å². The van der Waals surface area contributed by atoms with E-state index in [0.29, 0.717) is 5.82 Å². The molecule has 1 saturated heterocycles. The summed E-state index contributed by atoms with van der Waals surface area (Å²) in [7, 11) is -3.91. The van der Waals surface area contributed by atoms with Gasteiger partial charge in [-0.3, -0.25) is 5.32 Å². The number of piperazine rings is 1. The van der Waals surface area contributed by atoms with Crippen LogP contribution in [0.3, 0.4) is 0 Å². The van der Waals surface area contributed by atoms with Crippen LogP contribution in [-0.4, -0.2) is 54.8 Å². The van der Waals surface area contributed by atoms with Gasteiger partial charge in [0.25, 0.3) is 0 Å². The summed E-state index contributed by atoms with van der Waals surface area (Å²) in [6.45, 7) is 0.636. The van der Waals surface area contributed by atoms with Crippen LogP contribution in [0.1, 0.15) is 0 Å². The van der Waals surface area contributed by atoms with E-state index in [1.54, 1.807) is 24.4 Å². The molecule has 1 aromatic heterocycles. The van der Waals surface area contributed by atoms with Gasteiger partial charge in [-0.05, 0) is 24.3 Å². The van der Waals surface area contributed by atoms with Crippen molar-refractivity contribution >= 4 is 21.9 Å². The lowest BCUT2D eigenvalue weighted by atomic mass is 10.3. The summed E-state index contributed by atoms with van der Waals surface area (Å²) in [4.78, 5) is 17.4. The van der Waals surface area contributed by atoms with Gasteiger partial charge in [0.2, 0.25) is 10.0 Å². The van der Waals surface area contributed by atoms with Crippen LogP contribution in [0.15, 0.2) is 53.6 Å². The molecule has 3 rings (SSSR count). The topological polar surface area (TPSA) is 82.6 Å². The summed E-state index contributed by atoms with van der Waals surface area (Å²) in [6.07, 6.45) is 1.56. The van der Waals surface area contributed by atoms with Gasteiger partial charge < -0.3 is 4.90 Å². The number of rotatable bonds is 3. The molecule has 1 aliphatic rings. The van der Waals surface area contributed by atoms with Gasteiger partial charge in [-0.1, -0.05) is 18.2 Å². The van der Waals surface area contributed by atoms with Gasteiger partial charge in [0.05, 0.1) is 0 Å². The fraction of sp³-hybridized carbons (Fsp3) is 0.250. The minimum atomic E-state index is -3.91. The van der Waals surface area contributed by atoms with Crippen LogP contribution >= 0.6 is 0 Å². The zero-order valence-corrected chi connectivity index (χ0v) is 14.1. The molecule has 2 heterocycles. The summed E-state index contributed by atoms with van der Waals surface area (Å²) in [6, 6.07) is 10.1. The van der Waals surface area contributed by atoms with Crippen LogP contribution in [0.5, 0.6) is 0 Å². The second kappa shape index (κ2) is 7.16. The molecule has 2 amide bonds. The molecule has 0 aliphatic carbocycles. The highest BCUT2D eigenvalue weighted by atomic mass is 32.2. The maximum absolute atomic E-state index is 13.8. The molecule has 1 fully saturated rings. The standard InChI is InChI=1S/C16H17FN4O3S/c17-13-5-1-2-6-14(13)25(23,24)21-11-9-20(10-12-21)16(22)19-15-7-3-4-8-18-15/h1-8H,9-12H2,(H,18,19,22). The molecule has 1 aliphatic heterocycles. The first kappa shape index (κ1) is 17.3. The minimum Gasteiger partial charge on any atom is -0.322 e. The number of anilines is 1. The van der Waals surface area contributed by atoms with E-state index in [4.69, 9.17) is 0 Å². The van der Waals surface area contributed by atoms with Gasteiger partial charge >= 0.3 is 6.03 Å². The summed E-state index contributed by atoms with van der Waals surface area (Å²) in [5, 5.41) is 2.65. The van der Waals surface area contributed by atoms with E-state index in [1.807, 2.05) is 0 Å². The van der Waals surface area contributed by atoms with Crippen LogP contribution in [0.2, 0.25) is 0 Å². The monoisotopic (exact) mass is 364 g/mol. The van der Waals surface area contributed by atoms with Gasteiger partial charge in [0.1, 0.15) is 16.5 Å². The molecule has 132 valence electrons. The zero-order chi connectivity index (χ0) is 17.9. The Bertz CT molecular complexity index is 853. The predicted molar refractivity (Wildman–Crippen MR) is 90.0 cm³/mol. The Balaban J connectivity index is 1.64. The van der Waals surface area contributed by atoms with E-state index in [9.17, 15) is 17.6 Å². The van der Waals surface area contributed by atoms with Crippen molar-refractivity contribution in [2.75, 3.05) is 31.5 Å². The number of aromatic nitrogens is 1. The van der Waals surface area contributed by atoms with Crippen molar-refractivity contribution in [3.63, 3.8) is 0 Å². The van der Waals surface area contributed by atoms with Crippen LogP contribution < -0.4 is 5.32 Å². The lowest BCUT2D eigenvalue weighted by molar-refractivity contribution is 0.184. The van der Waals surface area contributed by atoms with E-state index >= 15 is 0 Å². The highest BCUT2D eigenvalue weighted by Gasteiger charge is 2.31. The molecular formula is C16H17FN4O3S. The van der Waals surface area contributed by atoms with Gasteiger partial charge in [0, 0.05) is 32.4 Å². The maximum Gasteiger partial charge on any atom is 0.323 e. The second-order valence-corrected chi connectivity index (χ2v) is 7.37. The summed E-state index contributed by atoms with van der Waals surface area (Å²) < 4.78 is 40.1. The highest BCUT2D eigenvalue weighted by molar-refractivity contribution is 7.89. The molecule has 0 bridgehead atoms. The van der Waals surface area contributed by atoms with Crippen molar-refractivity contribution in [3.8, 4) is 0 Å². The van der Waals surface area contributed by atoms with E-state index in [2.05, 4.69) is 10.3 Å². The van der Waals surface area contributed by atoms with Crippen LogP contribution in [-0.2, 0) is 10.0 Å². The number of urea groups is 1. The first-order chi connectivity index (χ1) is 12.0. The summed E-state index contributed by atoms with van der Waals surface area (Å²) in [5.74, 6) is -0.355. The lowest BCUT2D eigenvalue weighted by Gasteiger charge is -2.33. The smallest absolute Gasteiger partial charge is 0.322 e. The molecule has 0 saturated carbocycles. The largest absolute Gasteiger partial charge is 0.323 e. The number of nitrogens with zero attached hydrogens (tertiary/aromatic N) is 3. The van der Waals surface area contributed by atoms with Crippen molar-refractivity contribution in [1.82, 2.24) is 14.2 Å². The van der Waals surface area contributed by atoms with Crippen molar-refractivity contribution in [2.24, 2.45) is 0 Å². The second-order valence-electron chi connectivity index (χ2n) is 5.47. The van der Waals surface area contributed by atoms with E-state index < -0.39 is 15.8 Å². The first-order valence-corrected chi connectivity index (χ1v) is 9.14. The highest BCUT2D eigenvalue weighted by Crippen LogP contribution is 2.20. The van der Waals surface area contributed by atoms with Crippen molar-refractivity contribution < 1.29 is 17.6 Å². The van der Waals surface area contributed by atoms with Crippen LogP contribution in [0, 0.1) is 5.82 Å². The summed E-state index contributed by atoms with van der Waals surface area (Å²) in [5.41, 5.74) is 0. The Morgan fingerprint density at radius 2 is 1.72 bits per heavy atom. The molecule has 9 heteroatoms. The Kier molecular flexibility index (Phi) is 4.95. The van der Waals surface area contributed by atoms with Gasteiger partial charge in [-0.15, -0.1) is 0 Å². The number of carbonyl (C=O) groups excluding carboxylic acids is 1. The van der Waals surface area contributed by atoms with Gasteiger partial charge in [-0.2, -0.15) is 4.31 Å². The fourth-order valence-electron chi connectivity index (χ4n) is 2.55. The Labute approximate surface area is 145 Å². The van der Waals surface area contributed by atoms with Crippen molar-refractivity contribution in [1.29, 1.82) is 0 Å². The predicted octanol–water partition coefficient (Wildman–Crippen LogP) is 1.76. The van der Waals surface area contributed by atoms with E-state index in [0.717, 1.165) is 6.07 Å². The van der Waals surface area contributed by atoms with Crippen molar-refractivity contribution in [3.05, 3.63) is 54.5 Å². The Morgan fingerprint density at radius 3 is 2.36 bits per heavy atom. The van der Waals surface area contributed by atoms with Gasteiger partial charge in [-0.25, -0.2) is 22.6 Å². The molecule has 0 radical (unpaired) electrons. The minimum absolute atomic E-state index is 0.103. The van der Waals surface area contributed by atoms with E-state index in [1.165, 1.54) is 27.4 Å². The van der Waals surface area contributed by atoms with Crippen LogP contribution in [0.4, 0.5) is 15.0 Å². The first-order valence-electron chi connectivity index (χ1n) is 7.70. The number of nitrogens with one attached hydrogen (secondary N) is 1. The molecule has 7 nitrogen and oxygen atoms in total. The number of benzene rings is 1.